The molecule has 0 bridgehead atoms. The van der Waals surface area contributed by atoms with Crippen molar-refractivity contribution in [1.29, 1.82) is 0 Å². The van der Waals surface area contributed by atoms with Crippen molar-refractivity contribution >= 4 is 23.0 Å². The molecule has 234 valence electrons. The Kier molecular flexibility index (Phi) is 8.95. The Morgan fingerprint density at radius 2 is 1.73 bits per heavy atom. The number of nitrogens with zero attached hydrogens (tertiary/aromatic N) is 6. The summed E-state index contributed by atoms with van der Waals surface area (Å²) in [7, 11) is 0. The normalized spacial score (nSPS) is 16.2. The average molecular weight is 617 g/mol. The van der Waals surface area contributed by atoms with Crippen LogP contribution < -0.4 is 0 Å². The third kappa shape index (κ3) is 7.58. The first-order chi connectivity index (χ1) is 21.7. The molecule has 0 N–H and O–H groups in total. The zero-order chi connectivity index (χ0) is 31.4. The first-order valence-electron chi connectivity index (χ1n) is 15.4. The molecule has 0 spiro atoms. The van der Waals surface area contributed by atoms with Gasteiger partial charge in [-0.3, -0.25) is 14.6 Å². The quantitative estimate of drug-likeness (QED) is 0.251. The van der Waals surface area contributed by atoms with Crippen LogP contribution in [0.2, 0.25) is 0 Å². The van der Waals surface area contributed by atoms with Gasteiger partial charge in [0.05, 0.1) is 6.42 Å². The van der Waals surface area contributed by atoms with Crippen LogP contribution >= 0.6 is 0 Å². The zero-order valence-corrected chi connectivity index (χ0v) is 24.9. The molecule has 5 heterocycles. The molecule has 4 aromatic rings. The Bertz CT molecular complexity index is 1680. The minimum atomic E-state index is -4.34. The van der Waals surface area contributed by atoms with Crippen molar-refractivity contribution in [3.8, 4) is 0 Å². The second kappa shape index (κ2) is 13.2. The smallest absolute Gasteiger partial charge is 0.339 e. The number of rotatable bonds is 8. The van der Waals surface area contributed by atoms with Crippen LogP contribution in [0.15, 0.2) is 73.2 Å². The number of piperidine rings is 1. The third-order valence-electron chi connectivity index (χ3n) is 8.65. The fourth-order valence-electron chi connectivity index (χ4n) is 6.15. The summed E-state index contributed by atoms with van der Waals surface area (Å²) in [5.74, 6) is 0.763. The fourth-order valence-corrected chi connectivity index (χ4v) is 6.15. The van der Waals surface area contributed by atoms with Crippen molar-refractivity contribution in [1.82, 2.24) is 29.4 Å². The summed E-state index contributed by atoms with van der Waals surface area (Å²) in [5.41, 5.74) is 5.47. The van der Waals surface area contributed by atoms with Crippen LogP contribution in [0.5, 0.6) is 0 Å². The maximum Gasteiger partial charge on any atom is 0.389 e. The lowest BCUT2D eigenvalue weighted by molar-refractivity contribution is -0.148. The molecular weight excluding hydrogens is 581 g/mol. The van der Waals surface area contributed by atoms with Crippen molar-refractivity contribution in [3.05, 3.63) is 101 Å². The number of hydrogen-bond acceptors (Lipinski definition) is 5. The maximum absolute atomic E-state index is 13.2. The number of carbonyl (C=O) groups excluding carboxylic acids is 2. The number of likely N-dealkylation sites (tertiary alicyclic amines) is 1. The molecule has 2 aliphatic heterocycles. The number of fused-ring (bicyclic) bond motifs is 1. The number of alkyl halides is 3. The molecule has 0 unspecified atom stereocenters. The summed E-state index contributed by atoms with van der Waals surface area (Å²) in [6.45, 7) is 2.13. The van der Waals surface area contributed by atoms with Gasteiger partial charge in [-0.15, -0.1) is 0 Å². The molecule has 0 atom stereocenters. The van der Waals surface area contributed by atoms with Crippen LogP contribution in [0, 0.1) is 5.92 Å². The van der Waals surface area contributed by atoms with Crippen molar-refractivity contribution in [2.75, 3.05) is 26.2 Å². The van der Waals surface area contributed by atoms with Gasteiger partial charge < -0.3 is 9.80 Å². The van der Waals surface area contributed by atoms with E-state index in [1.165, 1.54) is 10.5 Å². The second-order valence-electron chi connectivity index (χ2n) is 11.8. The molecule has 1 saturated heterocycles. The topological polar surface area (TPSA) is 83.7 Å². The largest absolute Gasteiger partial charge is 0.389 e. The van der Waals surface area contributed by atoms with E-state index in [0.29, 0.717) is 42.3 Å². The number of carbonyl (C=O) groups is 2. The second-order valence-corrected chi connectivity index (χ2v) is 11.8. The van der Waals surface area contributed by atoms with Gasteiger partial charge in [-0.05, 0) is 78.6 Å². The molecule has 1 aromatic carbocycles. The number of aromatic nitrogens is 4. The van der Waals surface area contributed by atoms with E-state index in [2.05, 4.69) is 16.1 Å². The molecule has 0 aliphatic carbocycles. The van der Waals surface area contributed by atoms with Crippen molar-refractivity contribution < 1.29 is 22.8 Å². The average Bonchev–Trinajstić information content (AvgIpc) is 3.47. The van der Waals surface area contributed by atoms with E-state index >= 15 is 0 Å². The summed E-state index contributed by atoms with van der Waals surface area (Å²) >= 11 is 0. The van der Waals surface area contributed by atoms with Gasteiger partial charge in [0.15, 0.2) is 11.5 Å². The van der Waals surface area contributed by atoms with Crippen LogP contribution in [0.1, 0.15) is 65.0 Å². The lowest BCUT2D eigenvalue weighted by Crippen LogP contribution is -2.38. The summed E-state index contributed by atoms with van der Waals surface area (Å²) in [4.78, 5) is 37.8. The molecule has 8 nitrogen and oxygen atoms in total. The van der Waals surface area contributed by atoms with Crippen LogP contribution in [-0.4, -0.2) is 73.6 Å². The predicted octanol–water partition coefficient (Wildman–Crippen LogP) is 5.77. The monoisotopic (exact) mass is 616 g/mol. The van der Waals surface area contributed by atoms with Gasteiger partial charge in [0.2, 0.25) is 5.91 Å². The highest BCUT2D eigenvalue weighted by molar-refractivity contribution is 5.94. The lowest BCUT2D eigenvalue weighted by Gasteiger charge is -2.32. The first-order valence-corrected chi connectivity index (χ1v) is 15.4. The molecule has 0 radical (unpaired) electrons. The van der Waals surface area contributed by atoms with Gasteiger partial charge in [-0.1, -0.05) is 24.3 Å². The molecule has 3 aromatic heterocycles. The van der Waals surface area contributed by atoms with Gasteiger partial charge in [0.25, 0.3) is 5.91 Å². The molecule has 11 heteroatoms. The van der Waals surface area contributed by atoms with Crippen LogP contribution in [0.3, 0.4) is 0 Å². The summed E-state index contributed by atoms with van der Waals surface area (Å²) < 4.78 is 39.3. The van der Waals surface area contributed by atoms with Gasteiger partial charge in [0.1, 0.15) is 0 Å². The number of pyridine rings is 2. The van der Waals surface area contributed by atoms with E-state index in [1.54, 1.807) is 10.7 Å². The van der Waals surface area contributed by atoms with E-state index < -0.39 is 24.9 Å². The van der Waals surface area contributed by atoms with Crippen LogP contribution in [0.25, 0.3) is 11.2 Å². The zero-order valence-electron chi connectivity index (χ0n) is 24.9. The summed E-state index contributed by atoms with van der Waals surface area (Å²) in [6.07, 6.45) is 5.42. The van der Waals surface area contributed by atoms with E-state index in [4.69, 9.17) is 4.98 Å². The van der Waals surface area contributed by atoms with E-state index in [9.17, 15) is 22.8 Å². The van der Waals surface area contributed by atoms with E-state index in [1.807, 2.05) is 65.8 Å². The highest BCUT2D eigenvalue weighted by atomic mass is 19.4. The lowest BCUT2D eigenvalue weighted by atomic mass is 9.90. The maximum atomic E-state index is 13.2. The Morgan fingerprint density at radius 3 is 2.42 bits per heavy atom. The van der Waals surface area contributed by atoms with Crippen LogP contribution in [0.4, 0.5) is 13.2 Å². The Morgan fingerprint density at radius 1 is 0.933 bits per heavy atom. The summed E-state index contributed by atoms with van der Waals surface area (Å²) in [5, 5.41) is 4.65. The predicted molar refractivity (Wildman–Crippen MR) is 163 cm³/mol. The number of halogens is 3. The van der Waals surface area contributed by atoms with E-state index in [0.717, 1.165) is 49.1 Å². The Balaban J connectivity index is 1.05. The number of amides is 2. The number of benzene rings is 1. The minimum absolute atomic E-state index is 0.0539. The Labute approximate surface area is 259 Å². The minimum Gasteiger partial charge on any atom is -0.339 e. The first kappa shape index (κ1) is 30.5. The van der Waals surface area contributed by atoms with Crippen molar-refractivity contribution in [2.45, 2.75) is 51.1 Å². The van der Waals surface area contributed by atoms with Gasteiger partial charge >= 0.3 is 6.18 Å². The molecule has 2 aliphatic rings. The molecule has 1 fully saturated rings. The fraction of sp³-hybridized carbons (Fsp3) is 0.382. The molecule has 6 rings (SSSR count). The van der Waals surface area contributed by atoms with Gasteiger partial charge in [-0.25, -0.2) is 9.50 Å². The molecular formula is C34H35F3N6O2. The highest BCUT2D eigenvalue weighted by Gasteiger charge is 2.30. The standard InChI is InChI=1S/C34H35F3N6O2/c35-34(36,37)14-9-31(44)41-19-12-27(13-20-41)29-4-2-16-43-32(29)39-30(40-43)22-24-5-7-28(8-6-24)33(45)42-17-10-25(11-18-42)21-26-3-1-15-38-23-26/h1-8,12,15-16,23,25H,9-11,13-14,17-22H2. The van der Waals surface area contributed by atoms with Crippen LogP contribution in [-0.2, 0) is 17.6 Å². The SMILES string of the molecule is O=C(CCC(F)(F)F)N1CC=C(c2cccn3nc(Cc4ccc(C(=O)N5CCC(Cc6cccnc6)CC5)cc4)nc23)CC1. The number of hydrogen-bond donors (Lipinski definition) is 0. The van der Waals surface area contributed by atoms with Crippen molar-refractivity contribution in [3.63, 3.8) is 0 Å². The van der Waals surface area contributed by atoms with E-state index in [-0.39, 0.29) is 12.5 Å². The molecule has 2 amide bonds. The molecule has 45 heavy (non-hydrogen) atoms. The Hall–Kier alpha value is -4.54. The summed E-state index contributed by atoms with van der Waals surface area (Å²) in [6, 6.07) is 15.5. The van der Waals surface area contributed by atoms with Gasteiger partial charge in [0, 0.05) is 68.7 Å². The van der Waals surface area contributed by atoms with Gasteiger partial charge in [-0.2, -0.15) is 18.3 Å². The third-order valence-corrected chi connectivity index (χ3v) is 8.65. The highest BCUT2D eigenvalue weighted by Crippen LogP contribution is 2.28. The van der Waals surface area contributed by atoms with Crippen molar-refractivity contribution in [2.24, 2.45) is 5.92 Å². The molecule has 0 saturated carbocycles.